The second kappa shape index (κ2) is 9.46. The molecule has 3 heterocycles. The molecule has 0 aliphatic carbocycles. The molecule has 31 heavy (non-hydrogen) atoms. The summed E-state index contributed by atoms with van der Waals surface area (Å²) in [6, 6.07) is 4.96. The number of benzene rings is 1. The van der Waals surface area contributed by atoms with E-state index >= 15 is 0 Å². The lowest BCUT2D eigenvalue weighted by Crippen LogP contribution is -2.38. The monoisotopic (exact) mass is 435 g/mol. The van der Waals surface area contributed by atoms with E-state index in [9.17, 15) is 13.2 Å². The Hall–Kier alpha value is -2.95. The van der Waals surface area contributed by atoms with Crippen LogP contribution in [0.3, 0.4) is 0 Å². The van der Waals surface area contributed by atoms with Gasteiger partial charge in [-0.2, -0.15) is 33.2 Å². The zero-order valence-corrected chi connectivity index (χ0v) is 17.0. The molecule has 2 aromatic rings. The summed E-state index contributed by atoms with van der Waals surface area (Å²) in [4.78, 5) is 17.7. The fourth-order valence-corrected chi connectivity index (χ4v) is 3.50. The Kier molecular flexibility index (Phi) is 6.50. The van der Waals surface area contributed by atoms with Gasteiger partial charge in [0.25, 0.3) is 0 Å². The maximum Gasteiger partial charge on any atom is 0.416 e. The molecule has 2 fully saturated rings. The number of nitrogens with one attached hydrogen (secondary N) is 1. The Morgan fingerprint density at radius 2 is 1.61 bits per heavy atom. The number of hydrogen-bond donors (Lipinski definition) is 1. The molecule has 0 atom stereocenters. The van der Waals surface area contributed by atoms with Crippen LogP contribution in [0.1, 0.15) is 30.4 Å². The van der Waals surface area contributed by atoms with Gasteiger partial charge in [0.15, 0.2) is 0 Å². The van der Waals surface area contributed by atoms with Crippen molar-refractivity contribution >= 4 is 24.1 Å². The summed E-state index contributed by atoms with van der Waals surface area (Å²) in [5.41, 5.74) is 2.35. The number of nitrogens with zero attached hydrogens (tertiary/aromatic N) is 6. The lowest BCUT2D eigenvalue weighted by atomic mass is 10.1. The topological polar surface area (TPSA) is 78.8 Å². The largest absolute Gasteiger partial charge is 0.416 e. The molecule has 0 amide bonds. The maximum absolute atomic E-state index is 12.9. The zero-order chi connectivity index (χ0) is 21.7. The molecule has 1 N–H and O–H groups in total. The first-order valence-corrected chi connectivity index (χ1v) is 10.3. The van der Waals surface area contributed by atoms with E-state index in [-0.39, 0.29) is 5.95 Å². The molecule has 0 radical (unpaired) electrons. The molecule has 1 aromatic carbocycles. The van der Waals surface area contributed by atoms with Crippen LogP contribution in [-0.4, -0.2) is 60.6 Å². The van der Waals surface area contributed by atoms with Gasteiger partial charge in [0, 0.05) is 26.2 Å². The first-order valence-electron chi connectivity index (χ1n) is 10.3. The molecule has 0 spiro atoms. The van der Waals surface area contributed by atoms with Crippen molar-refractivity contribution in [1.82, 2.24) is 15.0 Å². The number of aromatic nitrogens is 3. The SMILES string of the molecule is FC(F)(F)c1cccc(/C=N/Nc2nc(N3CCCCC3)nc(N3CCOCC3)n2)c1. The predicted octanol–water partition coefficient (Wildman–Crippen LogP) is 3.16. The summed E-state index contributed by atoms with van der Waals surface area (Å²) in [6.07, 6.45) is 0.254. The van der Waals surface area contributed by atoms with Gasteiger partial charge in [0.05, 0.1) is 25.0 Å². The average Bonchev–Trinajstić information content (AvgIpc) is 2.80. The summed E-state index contributed by atoms with van der Waals surface area (Å²) >= 11 is 0. The molecule has 8 nitrogen and oxygen atoms in total. The molecule has 1 aromatic heterocycles. The second-order valence-corrected chi connectivity index (χ2v) is 7.40. The molecular formula is C20H24F3N7O. The highest BCUT2D eigenvalue weighted by Crippen LogP contribution is 2.29. The van der Waals surface area contributed by atoms with Crippen molar-refractivity contribution in [1.29, 1.82) is 0 Å². The van der Waals surface area contributed by atoms with Crippen LogP contribution < -0.4 is 15.2 Å². The Morgan fingerprint density at radius 3 is 2.29 bits per heavy atom. The molecule has 11 heteroatoms. The van der Waals surface area contributed by atoms with E-state index in [0.29, 0.717) is 43.8 Å². The van der Waals surface area contributed by atoms with Crippen molar-refractivity contribution in [2.24, 2.45) is 5.10 Å². The highest BCUT2D eigenvalue weighted by molar-refractivity contribution is 5.80. The Morgan fingerprint density at radius 1 is 0.935 bits per heavy atom. The fraction of sp³-hybridized carbons (Fsp3) is 0.500. The molecule has 4 rings (SSSR count). The van der Waals surface area contributed by atoms with Gasteiger partial charge >= 0.3 is 6.18 Å². The van der Waals surface area contributed by atoms with Gasteiger partial charge < -0.3 is 14.5 Å². The van der Waals surface area contributed by atoms with Crippen LogP contribution in [0, 0.1) is 0 Å². The standard InChI is InChI=1S/C20H24F3N7O/c21-20(22,23)16-6-4-5-15(13-16)14-24-28-17-25-18(29-7-2-1-3-8-29)27-19(26-17)30-9-11-31-12-10-30/h4-6,13-14H,1-3,7-12H2,(H,25,26,27,28)/b24-14+. The number of halogens is 3. The minimum absolute atomic E-state index is 0.250. The fourth-order valence-electron chi connectivity index (χ4n) is 3.50. The molecular weight excluding hydrogens is 411 g/mol. The third-order valence-corrected chi connectivity index (χ3v) is 5.14. The zero-order valence-electron chi connectivity index (χ0n) is 17.0. The van der Waals surface area contributed by atoms with Gasteiger partial charge in [0.2, 0.25) is 17.8 Å². The van der Waals surface area contributed by atoms with Crippen molar-refractivity contribution in [2.75, 3.05) is 54.6 Å². The van der Waals surface area contributed by atoms with Crippen LogP contribution in [0.25, 0.3) is 0 Å². The molecule has 2 aliphatic heterocycles. The smallest absolute Gasteiger partial charge is 0.378 e. The van der Waals surface area contributed by atoms with Gasteiger partial charge in [0.1, 0.15) is 0 Å². The Bertz CT molecular complexity index is 874. The molecule has 166 valence electrons. The summed E-state index contributed by atoms with van der Waals surface area (Å²) in [5.74, 6) is 1.36. The van der Waals surface area contributed by atoms with Crippen molar-refractivity contribution < 1.29 is 17.9 Å². The van der Waals surface area contributed by atoms with E-state index < -0.39 is 11.7 Å². The minimum atomic E-state index is -4.40. The van der Waals surface area contributed by atoms with Crippen LogP contribution in [0.4, 0.5) is 31.0 Å². The van der Waals surface area contributed by atoms with Crippen LogP contribution >= 0.6 is 0 Å². The quantitative estimate of drug-likeness (QED) is 0.571. The summed E-state index contributed by atoms with van der Waals surface area (Å²) < 4.78 is 44.1. The summed E-state index contributed by atoms with van der Waals surface area (Å²) in [7, 11) is 0. The number of ether oxygens (including phenoxy) is 1. The normalized spacial score (nSPS) is 17.9. The summed E-state index contributed by atoms with van der Waals surface area (Å²) in [5, 5.41) is 4.05. The molecule has 0 unspecified atom stereocenters. The number of hydrogen-bond acceptors (Lipinski definition) is 8. The van der Waals surface area contributed by atoms with Gasteiger partial charge in [-0.05, 0) is 37.0 Å². The van der Waals surface area contributed by atoms with E-state index in [2.05, 4.69) is 30.4 Å². The first kappa shape index (κ1) is 21.3. The van der Waals surface area contributed by atoms with Gasteiger partial charge in [-0.3, -0.25) is 0 Å². The summed E-state index contributed by atoms with van der Waals surface area (Å²) in [6.45, 7) is 4.30. The van der Waals surface area contributed by atoms with E-state index in [1.54, 1.807) is 6.07 Å². The van der Waals surface area contributed by atoms with Crippen LogP contribution in [0.15, 0.2) is 29.4 Å². The van der Waals surface area contributed by atoms with E-state index in [1.165, 1.54) is 18.7 Å². The molecule has 2 saturated heterocycles. The van der Waals surface area contributed by atoms with Gasteiger partial charge in [-0.1, -0.05) is 12.1 Å². The lowest BCUT2D eigenvalue weighted by Gasteiger charge is -2.30. The van der Waals surface area contributed by atoms with Crippen LogP contribution in [0.5, 0.6) is 0 Å². The maximum atomic E-state index is 12.9. The number of alkyl halides is 3. The van der Waals surface area contributed by atoms with E-state index in [4.69, 9.17) is 4.74 Å². The number of hydrazone groups is 1. The number of morpholine rings is 1. The van der Waals surface area contributed by atoms with Crippen molar-refractivity contribution in [3.8, 4) is 0 Å². The third kappa shape index (κ3) is 5.60. The van der Waals surface area contributed by atoms with Crippen molar-refractivity contribution in [3.63, 3.8) is 0 Å². The number of rotatable bonds is 5. The van der Waals surface area contributed by atoms with Crippen molar-refractivity contribution in [2.45, 2.75) is 25.4 Å². The van der Waals surface area contributed by atoms with Crippen LogP contribution in [0.2, 0.25) is 0 Å². The molecule has 2 aliphatic rings. The first-order chi connectivity index (χ1) is 15.0. The predicted molar refractivity (Wildman–Crippen MR) is 112 cm³/mol. The number of anilines is 3. The minimum Gasteiger partial charge on any atom is -0.378 e. The molecule has 0 saturated carbocycles. The highest BCUT2D eigenvalue weighted by Gasteiger charge is 2.30. The van der Waals surface area contributed by atoms with Gasteiger partial charge in [-0.15, -0.1) is 0 Å². The lowest BCUT2D eigenvalue weighted by molar-refractivity contribution is -0.137. The Balaban J connectivity index is 1.54. The average molecular weight is 435 g/mol. The second-order valence-electron chi connectivity index (χ2n) is 7.40. The Labute approximate surface area is 178 Å². The number of piperidine rings is 1. The third-order valence-electron chi connectivity index (χ3n) is 5.14. The van der Waals surface area contributed by atoms with E-state index in [1.807, 2.05) is 4.90 Å². The van der Waals surface area contributed by atoms with Crippen LogP contribution in [-0.2, 0) is 10.9 Å². The van der Waals surface area contributed by atoms with Gasteiger partial charge in [-0.25, -0.2) is 5.43 Å². The highest BCUT2D eigenvalue weighted by atomic mass is 19.4. The van der Waals surface area contributed by atoms with E-state index in [0.717, 1.165) is 38.1 Å². The van der Waals surface area contributed by atoms with Crippen molar-refractivity contribution in [3.05, 3.63) is 35.4 Å². The molecule has 0 bridgehead atoms.